The lowest BCUT2D eigenvalue weighted by Gasteiger charge is -2.18. The molecule has 1 atom stereocenters. The van der Waals surface area contributed by atoms with Crippen LogP contribution in [0.2, 0.25) is 0 Å². The van der Waals surface area contributed by atoms with Crippen LogP contribution in [0.15, 0.2) is 60.8 Å². The van der Waals surface area contributed by atoms with Gasteiger partial charge in [-0.15, -0.1) is 0 Å². The fourth-order valence-corrected chi connectivity index (χ4v) is 6.33. The summed E-state index contributed by atoms with van der Waals surface area (Å²) in [6.45, 7) is 6.43. The lowest BCUT2D eigenvalue weighted by atomic mass is 10.0. The molecule has 0 bridgehead atoms. The molecule has 1 unspecified atom stereocenters. The summed E-state index contributed by atoms with van der Waals surface area (Å²) < 4.78 is 16.7. The molecule has 0 saturated carbocycles. The Kier molecular flexibility index (Phi) is 42.5. The van der Waals surface area contributed by atoms with E-state index in [2.05, 4.69) is 45.1 Å². The van der Waals surface area contributed by atoms with E-state index < -0.39 is 6.10 Å². The van der Waals surface area contributed by atoms with Crippen LogP contribution in [0.25, 0.3) is 0 Å². The molecule has 0 aromatic heterocycles. The van der Waals surface area contributed by atoms with E-state index in [0.717, 1.165) is 83.5 Å². The highest BCUT2D eigenvalue weighted by molar-refractivity contribution is 5.71. The predicted octanol–water partition coefficient (Wildman–Crippen LogP) is 14.9. The van der Waals surface area contributed by atoms with Crippen molar-refractivity contribution < 1.29 is 28.6 Å². The predicted molar refractivity (Wildman–Crippen MR) is 238 cm³/mol. The molecule has 0 radical (unpaired) electrons. The minimum Gasteiger partial charge on any atom is -0.462 e. The molecular weight excluding hydrogens is 697 g/mol. The minimum atomic E-state index is -0.794. The van der Waals surface area contributed by atoms with Crippen molar-refractivity contribution in [1.82, 2.24) is 0 Å². The van der Waals surface area contributed by atoms with Gasteiger partial charge in [-0.25, -0.2) is 0 Å². The SMILES string of the molecule is CC\C=C/C=C\C=C/C=C\CCCCCC(=O)OCC(COC(=O)CCCCCCCCCCCCCC)OC(=O)CCCCC/C=C\CCCCCCCC. The lowest BCUT2D eigenvalue weighted by molar-refractivity contribution is -0.167. The van der Waals surface area contributed by atoms with Crippen molar-refractivity contribution in [2.75, 3.05) is 13.2 Å². The van der Waals surface area contributed by atoms with E-state index >= 15 is 0 Å². The Morgan fingerprint density at radius 1 is 0.375 bits per heavy atom. The van der Waals surface area contributed by atoms with Gasteiger partial charge in [-0.2, -0.15) is 0 Å². The second-order valence-electron chi connectivity index (χ2n) is 15.4. The van der Waals surface area contributed by atoms with Crippen LogP contribution in [0.4, 0.5) is 0 Å². The molecule has 6 nitrogen and oxygen atoms in total. The van der Waals surface area contributed by atoms with Gasteiger partial charge in [0.1, 0.15) is 13.2 Å². The van der Waals surface area contributed by atoms with E-state index in [0.29, 0.717) is 19.3 Å². The van der Waals surface area contributed by atoms with Crippen LogP contribution < -0.4 is 0 Å². The zero-order valence-electron chi connectivity index (χ0n) is 36.6. The van der Waals surface area contributed by atoms with Crippen LogP contribution in [0, 0.1) is 0 Å². The smallest absolute Gasteiger partial charge is 0.306 e. The van der Waals surface area contributed by atoms with Gasteiger partial charge in [0.15, 0.2) is 6.10 Å². The molecule has 0 amide bonds. The van der Waals surface area contributed by atoms with Crippen LogP contribution in [-0.2, 0) is 28.6 Å². The standard InChI is InChI=1S/C50H86O6/c1-4-7-10-13-16-19-22-25-28-31-34-37-40-43-49(52)55-46-47(45-54-48(51)42-39-36-33-30-27-24-21-18-15-12-9-6-3)56-50(53)44-41-38-35-32-29-26-23-20-17-14-11-8-5-2/h7,10,13,16,19,22,25-26,28-29,47H,4-6,8-9,11-12,14-15,17-18,20-21,23-24,27,30-46H2,1-3H3/b10-7-,16-13-,22-19-,28-25-,29-26-. The number of esters is 3. The molecule has 0 aliphatic heterocycles. The van der Waals surface area contributed by atoms with Crippen molar-refractivity contribution in [2.24, 2.45) is 0 Å². The quantitative estimate of drug-likeness (QED) is 0.0202. The Bertz CT molecular complexity index is 1040. The topological polar surface area (TPSA) is 78.9 Å². The van der Waals surface area contributed by atoms with Crippen molar-refractivity contribution in [1.29, 1.82) is 0 Å². The van der Waals surface area contributed by atoms with Gasteiger partial charge in [0, 0.05) is 19.3 Å². The number of unbranched alkanes of at least 4 members (excludes halogenated alkanes) is 23. The van der Waals surface area contributed by atoms with E-state index in [4.69, 9.17) is 14.2 Å². The second-order valence-corrected chi connectivity index (χ2v) is 15.4. The first-order chi connectivity index (χ1) is 27.5. The summed E-state index contributed by atoms with van der Waals surface area (Å²) in [5.41, 5.74) is 0. The largest absolute Gasteiger partial charge is 0.462 e. The van der Waals surface area contributed by atoms with Crippen LogP contribution in [-0.4, -0.2) is 37.2 Å². The van der Waals surface area contributed by atoms with Crippen molar-refractivity contribution in [3.63, 3.8) is 0 Å². The van der Waals surface area contributed by atoms with Gasteiger partial charge in [0.25, 0.3) is 0 Å². The van der Waals surface area contributed by atoms with Crippen molar-refractivity contribution in [3.05, 3.63) is 60.8 Å². The monoisotopic (exact) mass is 783 g/mol. The molecule has 0 aromatic carbocycles. The highest BCUT2D eigenvalue weighted by atomic mass is 16.6. The first-order valence-corrected chi connectivity index (χ1v) is 23.3. The number of carbonyl (C=O) groups excluding carboxylic acids is 3. The van der Waals surface area contributed by atoms with E-state index in [1.165, 1.54) is 96.3 Å². The fourth-order valence-electron chi connectivity index (χ4n) is 6.33. The van der Waals surface area contributed by atoms with E-state index in [1.807, 2.05) is 36.5 Å². The number of carbonyl (C=O) groups is 3. The molecule has 56 heavy (non-hydrogen) atoms. The first-order valence-electron chi connectivity index (χ1n) is 23.3. The molecule has 0 aliphatic rings. The summed E-state index contributed by atoms with van der Waals surface area (Å²) >= 11 is 0. The summed E-state index contributed by atoms with van der Waals surface area (Å²) in [7, 11) is 0. The van der Waals surface area contributed by atoms with Crippen molar-refractivity contribution in [3.8, 4) is 0 Å². The van der Waals surface area contributed by atoms with Gasteiger partial charge >= 0.3 is 17.9 Å². The maximum Gasteiger partial charge on any atom is 0.306 e. The van der Waals surface area contributed by atoms with Crippen LogP contribution >= 0.6 is 0 Å². The molecule has 0 spiro atoms. The normalized spacial score (nSPS) is 12.6. The molecule has 0 rings (SSSR count). The molecule has 0 saturated heterocycles. The Labute approximate surface area is 345 Å². The number of allylic oxidation sites excluding steroid dienone is 10. The van der Waals surface area contributed by atoms with Gasteiger partial charge in [-0.05, 0) is 64.2 Å². The highest BCUT2D eigenvalue weighted by Crippen LogP contribution is 2.14. The second kappa shape index (κ2) is 44.8. The first kappa shape index (κ1) is 53.1. The van der Waals surface area contributed by atoms with Gasteiger partial charge in [-0.1, -0.05) is 197 Å². The molecule has 0 fully saturated rings. The summed E-state index contributed by atoms with van der Waals surface area (Å²) in [5, 5.41) is 0. The molecule has 0 aliphatic carbocycles. The summed E-state index contributed by atoms with van der Waals surface area (Å²) in [6, 6.07) is 0. The Hall–Kier alpha value is -2.89. The average molecular weight is 783 g/mol. The Balaban J connectivity index is 4.46. The van der Waals surface area contributed by atoms with E-state index in [9.17, 15) is 14.4 Å². The van der Waals surface area contributed by atoms with Crippen molar-refractivity contribution >= 4 is 17.9 Å². The van der Waals surface area contributed by atoms with Crippen molar-refractivity contribution in [2.45, 2.75) is 226 Å². The molecular formula is C50H86O6. The summed E-state index contributed by atoms with van der Waals surface area (Å²) in [5.74, 6) is -0.950. The zero-order valence-corrected chi connectivity index (χ0v) is 36.6. The average Bonchev–Trinajstić information content (AvgIpc) is 3.19. The van der Waals surface area contributed by atoms with Gasteiger partial charge in [-0.3, -0.25) is 14.4 Å². The summed E-state index contributed by atoms with van der Waals surface area (Å²) in [4.78, 5) is 37.7. The van der Waals surface area contributed by atoms with E-state index in [-0.39, 0.29) is 31.1 Å². The maximum absolute atomic E-state index is 12.7. The number of hydrogen-bond acceptors (Lipinski definition) is 6. The molecule has 0 heterocycles. The lowest BCUT2D eigenvalue weighted by Crippen LogP contribution is -2.30. The maximum atomic E-state index is 12.7. The van der Waals surface area contributed by atoms with Crippen LogP contribution in [0.5, 0.6) is 0 Å². The third kappa shape index (κ3) is 42.3. The number of ether oxygens (including phenoxy) is 3. The highest BCUT2D eigenvalue weighted by Gasteiger charge is 2.19. The molecule has 322 valence electrons. The molecule has 0 N–H and O–H groups in total. The Morgan fingerprint density at radius 3 is 1.16 bits per heavy atom. The zero-order chi connectivity index (χ0) is 40.8. The summed E-state index contributed by atoms with van der Waals surface area (Å²) in [6.07, 6.45) is 53.4. The van der Waals surface area contributed by atoms with E-state index in [1.54, 1.807) is 0 Å². The number of hydrogen-bond donors (Lipinski definition) is 0. The fraction of sp³-hybridized carbons (Fsp3) is 0.740. The van der Waals surface area contributed by atoms with Gasteiger partial charge in [0.05, 0.1) is 0 Å². The molecule has 0 aromatic rings. The van der Waals surface area contributed by atoms with Crippen LogP contribution in [0.1, 0.15) is 220 Å². The third-order valence-electron chi connectivity index (χ3n) is 9.85. The number of rotatable bonds is 41. The third-order valence-corrected chi connectivity index (χ3v) is 9.85. The minimum absolute atomic E-state index is 0.0917. The van der Waals surface area contributed by atoms with Crippen LogP contribution in [0.3, 0.4) is 0 Å². The van der Waals surface area contributed by atoms with Gasteiger partial charge in [0.2, 0.25) is 0 Å². The Morgan fingerprint density at radius 2 is 0.714 bits per heavy atom. The molecule has 6 heteroatoms. The van der Waals surface area contributed by atoms with Gasteiger partial charge < -0.3 is 14.2 Å².